The fourth-order valence-corrected chi connectivity index (χ4v) is 2.68. The Hall–Kier alpha value is -2.33. The minimum absolute atomic E-state index is 0.123. The predicted molar refractivity (Wildman–Crippen MR) is 84.0 cm³/mol. The van der Waals surface area contributed by atoms with Gasteiger partial charge in [-0.1, -0.05) is 18.2 Å². The van der Waals surface area contributed by atoms with Crippen molar-refractivity contribution >= 4 is 15.9 Å². The number of H-pyrrole nitrogens is 1. The van der Waals surface area contributed by atoms with Crippen LogP contribution in [0.25, 0.3) is 0 Å². The third-order valence-corrected chi connectivity index (χ3v) is 4.17. The summed E-state index contributed by atoms with van der Waals surface area (Å²) in [6.45, 7) is 0. The van der Waals surface area contributed by atoms with Gasteiger partial charge in [0.15, 0.2) is 11.4 Å². The Labute approximate surface area is 148 Å². The van der Waals surface area contributed by atoms with Gasteiger partial charge in [-0.2, -0.15) is 8.78 Å². The first-order valence-electron chi connectivity index (χ1n) is 7.04. The molecule has 0 aliphatic carbocycles. The zero-order valence-electron chi connectivity index (χ0n) is 12.5. The lowest BCUT2D eigenvalue weighted by Crippen LogP contribution is -2.46. The normalized spacial score (nSPS) is 14.3. The average Bonchev–Trinajstić information content (AvgIpc) is 3.08. The fourth-order valence-electron chi connectivity index (χ4n) is 2.44. The van der Waals surface area contributed by atoms with Crippen LogP contribution >= 0.6 is 15.9 Å². The zero-order valence-corrected chi connectivity index (χ0v) is 14.1. The maximum atomic E-state index is 15.2. The van der Waals surface area contributed by atoms with Crippen molar-refractivity contribution in [3.05, 3.63) is 70.0 Å². The van der Waals surface area contributed by atoms with E-state index in [1.165, 1.54) is 24.4 Å². The summed E-state index contributed by atoms with van der Waals surface area (Å²) in [5.41, 5.74) is -4.25. The lowest BCUT2D eigenvalue weighted by molar-refractivity contribution is -0.199. The van der Waals surface area contributed by atoms with E-state index in [0.29, 0.717) is 4.47 Å². The summed E-state index contributed by atoms with van der Waals surface area (Å²) in [5, 5.41) is 23.3. The number of aromatic nitrogens is 5. The molecule has 0 aliphatic heterocycles. The lowest BCUT2D eigenvalue weighted by atomic mass is 9.82. The van der Waals surface area contributed by atoms with Crippen LogP contribution in [0.4, 0.5) is 13.2 Å². The summed E-state index contributed by atoms with van der Waals surface area (Å²) < 4.78 is 45.2. The summed E-state index contributed by atoms with van der Waals surface area (Å²) in [4.78, 5) is 3.66. The van der Waals surface area contributed by atoms with Crippen molar-refractivity contribution in [3.8, 4) is 0 Å². The van der Waals surface area contributed by atoms with Gasteiger partial charge in [0.05, 0.1) is 0 Å². The number of rotatable bonds is 5. The number of tetrazole rings is 1. The van der Waals surface area contributed by atoms with Crippen LogP contribution in [-0.2, 0) is 17.9 Å². The number of alkyl halides is 2. The zero-order chi connectivity index (χ0) is 18.1. The van der Waals surface area contributed by atoms with Crippen LogP contribution in [0.1, 0.15) is 17.1 Å². The SMILES string of the molecule is OC(Cc1nnn[nH]1)(c1ccccc1F)C(F)(F)c1ccc(Br)cn1. The second-order valence-corrected chi connectivity index (χ2v) is 6.22. The molecule has 2 aromatic heterocycles. The van der Waals surface area contributed by atoms with Crippen molar-refractivity contribution in [2.45, 2.75) is 17.9 Å². The first-order chi connectivity index (χ1) is 11.8. The predicted octanol–water partition coefficient (Wildman–Crippen LogP) is 2.72. The maximum Gasteiger partial charge on any atom is 0.322 e. The fraction of sp³-hybridized carbons (Fsp3) is 0.200. The number of aliphatic hydroxyl groups is 1. The van der Waals surface area contributed by atoms with Gasteiger partial charge < -0.3 is 5.11 Å². The van der Waals surface area contributed by atoms with Crippen molar-refractivity contribution in [3.63, 3.8) is 0 Å². The highest BCUT2D eigenvalue weighted by atomic mass is 79.9. The molecule has 0 saturated carbocycles. The minimum atomic E-state index is -3.93. The molecule has 0 radical (unpaired) electrons. The van der Waals surface area contributed by atoms with Gasteiger partial charge in [0.1, 0.15) is 11.5 Å². The molecule has 1 aromatic carbocycles. The second-order valence-electron chi connectivity index (χ2n) is 5.30. The van der Waals surface area contributed by atoms with Crippen LogP contribution in [0.5, 0.6) is 0 Å². The highest BCUT2D eigenvalue weighted by molar-refractivity contribution is 9.10. The molecule has 0 amide bonds. The van der Waals surface area contributed by atoms with E-state index in [9.17, 15) is 9.50 Å². The molecule has 0 spiro atoms. The summed E-state index contributed by atoms with van der Waals surface area (Å²) in [6.07, 6.45) is 0.423. The van der Waals surface area contributed by atoms with Crippen LogP contribution in [0.2, 0.25) is 0 Å². The van der Waals surface area contributed by atoms with E-state index in [4.69, 9.17) is 0 Å². The molecular weight excluding hydrogens is 403 g/mol. The molecule has 1 atom stereocenters. The van der Waals surface area contributed by atoms with Crippen molar-refractivity contribution in [1.29, 1.82) is 0 Å². The van der Waals surface area contributed by atoms with E-state index in [0.717, 1.165) is 18.2 Å². The van der Waals surface area contributed by atoms with Crippen LogP contribution in [0.3, 0.4) is 0 Å². The van der Waals surface area contributed by atoms with Gasteiger partial charge in [-0.25, -0.2) is 9.49 Å². The molecule has 2 heterocycles. The first-order valence-corrected chi connectivity index (χ1v) is 7.84. The van der Waals surface area contributed by atoms with E-state index in [-0.39, 0.29) is 5.82 Å². The van der Waals surface area contributed by atoms with Gasteiger partial charge in [-0.15, -0.1) is 5.10 Å². The van der Waals surface area contributed by atoms with E-state index in [1.54, 1.807) is 0 Å². The number of benzene rings is 1. The minimum Gasteiger partial charge on any atom is -0.378 e. The molecule has 0 saturated heterocycles. The Morgan fingerprint density at radius 2 is 1.92 bits per heavy atom. The summed E-state index contributed by atoms with van der Waals surface area (Å²) in [7, 11) is 0. The quantitative estimate of drug-likeness (QED) is 0.671. The van der Waals surface area contributed by atoms with Gasteiger partial charge in [0.2, 0.25) is 0 Å². The highest BCUT2D eigenvalue weighted by Crippen LogP contribution is 2.47. The largest absolute Gasteiger partial charge is 0.378 e. The number of aromatic amines is 1. The monoisotopic (exact) mass is 413 g/mol. The Morgan fingerprint density at radius 1 is 1.16 bits per heavy atom. The third kappa shape index (κ3) is 3.14. The topological polar surface area (TPSA) is 87.6 Å². The Bertz CT molecular complexity index is 860. The molecule has 10 heteroatoms. The van der Waals surface area contributed by atoms with Crippen molar-refractivity contribution < 1.29 is 18.3 Å². The Balaban J connectivity index is 2.16. The molecule has 6 nitrogen and oxygen atoms in total. The molecule has 2 N–H and O–H groups in total. The lowest BCUT2D eigenvalue weighted by Gasteiger charge is -2.35. The molecule has 0 aliphatic rings. The van der Waals surface area contributed by atoms with Gasteiger partial charge in [-0.05, 0) is 44.6 Å². The van der Waals surface area contributed by atoms with E-state index < -0.39 is 35.0 Å². The summed E-state index contributed by atoms with van der Waals surface area (Å²) >= 11 is 3.11. The molecule has 3 aromatic rings. The molecule has 1 unspecified atom stereocenters. The van der Waals surface area contributed by atoms with Crippen molar-refractivity contribution in [2.24, 2.45) is 0 Å². The van der Waals surface area contributed by atoms with Crippen molar-refractivity contribution in [1.82, 2.24) is 25.6 Å². The number of hydrogen-bond donors (Lipinski definition) is 2. The maximum absolute atomic E-state index is 15.2. The standard InChI is InChI=1S/C15H11BrF3N5O/c16-9-5-6-12(20-8-9)15(18,19)14(25,7-13-21-23-24-22-13)10-3-1-2-4-11(10)17/h1-6,8,25H,7H2,(H,21,22,23,24). The van der Waals surface area contributed by atoms with Crippen LogP contribution in [0, 0.1) is 5.82 Å². The van der Waals surface area contributed by atoms with Crippen LogP contribution in [-0.4, -0.2) is 30.7 Å². The molecule has 25 heavy (non-hydrogen) atoms. The summed E-state index contributed by atoms with van der Waals surface area (Å²) in [6, 6.07) is 7.18. The van der Waals surface area contributed by atoms with E-state index in [1.807, 2.05) is 0 Å². The number of nitrogens with one attached hydrogen (secondary N) is 1. The van der Waals surface area contributed by atoms with Crippen LogP contribution < -0.4 is 0 Å². The third-order valence-electron chi connectivity index (χ3n) is 3.70. The van der Waals surface area contributed by atoms with Gasteiger partial charge in [-0.3, -0.25) is 4.98 Å². The Kier molecular flexibility index (Phi) is 4.56. The van der Waals surface area contributed by atoms with Crippen LogP contribution in [0.15, 0.2) is 47.1 Å². The molecule has 3 rings (SSSR count). The molecule has 0 fully saturated rings. The summed E-state index contributed by atoms with van der Waals surface area (Å²) in [5.74, 6) is -5.03. The molecule has 130 valence electrons. The number of pyridine rings is 1. The number of halogens is 4. The number of hydrogen-bond acceptors (Lipinski definition) is 5. The van der Waals surface area contributed by atoms with Crippen molar-refractivity contribution in [2.75, 3.05) is 0 Å². The average molecular weight is 414 g/mol. The first kappa shape index (κ1) is 17.5. The van der Waals surface area contributed by atoms with Gasteiger partial charge in [0.25, 0.3) is 0 Å². The smallest absolute Gasteiger partial charge is 0.322 e. The molecular formula is C15H11BrF3N5O. The van der Waals surface area contributed by atoms with E-state index in [2.05, 4.69) is 41.5 Å². The Morgan fingerprint density at radius 3 is 2.52 bits per heavy atom. The number of nitrogens with zero attached hydrogens (tertiary/aromatic N) is 4. The highest BCUT2D eigenvalue weighted by Gasteiger charge is 2.57. The van der Waals surface area contributed by atoms with E-state index >= 15 is 8.78 Å². The van der Waals surface area contributed by atoms with Gasteiger partial charge in [0, 0.05) is 22.7 Å². The second kappa shape index (κ2) is 6.52. The van der Waals surface area contributed by atoms with Gasteiger partial charge >= 0.3 is 5.92 Å². The molecule has 0 bridgehead atoms.